The molecule has 0 radical (unpaired) electrons. The van der Waals surface area contributed by atoms with Crippen LogP contribution in [0.15, 0.2) is 60.0 Å². The normalized spacial score (nSPS) is 10.9. The van der Waals surface area contributed by atoms with Gasteiger partial charge in [-0.2, -0.15) is 15.0 Å². The van der Waals surface area contributed by atoms with Gasteiger partial charge in [0.15, 0.2) is 11.0 Å². The topological polar surface area (TPSA) is 112 Å². The smallest absolute Gasteiger partial charge is 0.229 e. The van der Waals surface area contributed by atoms with E-state index in [4.69, 9.17) is 5.73 Å². The van der Waals surface area contributed by atoms with Gasteiger partial charge >= 0.3 is 0 Å². The number of benzene rings is 1. The van der Waals surface area contributed by atoms with Crippen molar-refractivity contribution in [3.63, 3.8) is 0 Å². The number of nitrogen functional groups attached to an aromatic ring is 1. The van der Waals surface area contributed by atoms with Gasteiger partial charge in [0, 0.05) is 32.1 Å². The maximum Gasteiger partial charge on any atom is 0.229 e. The Kier molecular flexibility index (Phi) is 5.84. The van der Waals surface area contributed by atoms with Gasteiger partial charge in [-0.15, -0.1) is 10.2 Å². The molecule has 0 saturated carbocycles. The van der Waals surface area contributed by atoms with Crippen LogP contribution in [0.2, 0.25) is 0 Å². The van der Waals surface area contributed by atoms with Crippen molar-refractivity contribution in [1.82, 2.24) is 34.7 Å². The predicted octanol–water partition coefficient (Wildman–Crippen LogP) is 2.51. The number of aromatic nitrogens is 7. The monoisotopic (exact) mass is 419 g/mol. The molecule has 4 aromatic rings. The van der Waals surface area contributed by atoms with Crippen LogP contribution in [0.4, 0.5) is 11.9 Å². The van der Waals surface area contributed by atoms with Gasteiger partial charge in [-0.1, -0.05) is 42.1 Å². The van der Waals surface area contributed by atoms with E-state index in [0.717, 1.165) is 22.1 Å². The van der Waals surface area contributed by atoms with Gasteiger partial charge in [0.05, 0.1) is 12.3 Å². The molecule has 0 aliphatic rings. The number of nitrogens with two attached hydrogens (primary N) is 1. The SMILES string of the molecule is CN(C)c1nc(N)nc(CSc2nnc(-c3cccnc3)n2Cc2ccccc2)n1. The first-order valence-corrected chi connectivity index (χ1v) is 10.3. The summed E-state index contributed by atoms with van der Waals surface area (Å²) < 4.78 is 2.08. The Labute approximate surface area is 178 Å². The van der Waals surface area contributed by atoms with Crippen molar-refractivity contribution in [2.75, 3.05) is 24.7 Å². The lowest BCUT2D eigenvalue weighted by atomic mass is 10.2. The summed E-state index contributed by atoms with van der Waals surface area (Å²) in [5, 5.41) is 9.61. The van der Waals surface area contributed by atoms with E-state index in [-0.39, 0.29) is 5.95 Å². The van der Waals surface area contributed by atoms with E-state index < -0.39 is 0 Å². The number of nitrogens with zero attached hydrogens (tertiary/aromatic N) is 8. The second-order valence-electron chi connectivity index (χ2n) is 6.71. The van der Waals surface area contributed by atoms with Crippen molar-refractivity contribution in [3.05, 3.63) is 66.2 Å². The summed E-state index contributed by atoms with van der Waals surface area (Å²) in [7, 11) is 3.73. The summed E-state index contributed by atoms with van der Waals surface area (Å²) in [5.74, 6) is 2.58. The zero-order chi connectivity index (χ0) is 20.9. The summed E-state index contributed by atoms with van der Waals surface area (Å²) in [6.45, 7) is 0.642. The second kappa shape index (κ2) is 8.87. The molecular formula is C20H21N9S. The van der Waals surface area contributed by atoms with Crippen molar-refractivity contribution < 1.29 is 0 Å². The van der Waals surface area contributed by atoms with Crippen LogP contribution in [0, 0.1) is 0 Å². The second-order valence-corrected chi connectivity index (χ2v) is 7.66. The van der Waals surface area contributed by atoms with E-state index in [9.17, 15) is 0 Å². The summed E-state index contributed by atoms with van der Waals surface area (Å²) >= 11 is 1.51. The van der Waals surface area contributed by atoms with Crippen LogP contribution in [0.25, 0.3) is 11.4 Å². The zero-order valence-electron chi connectivity index (χ0n) is 16.7. The fourth-order valence-electron chi connectivity index (χ4n) is 2.83. The summed E-state index contributed by atoms with van der Waals surface area (Å²) in [6, 6.07) is 14.1. The lowest BCUT2D eigenvalue weighted by Gasteiger charge is -2.12. The Morgan fingerprint density at radius 2 is 1.83 bits per heavy atom. The molecule has 0 aliphatic carbocycles. The summed E-state index contributed by atoms with van der Waals surface area (Å²) in [4.78, 5) is 18.9. The minimum atomic E-state index is 0.200. The quantitative estimate of drug-likeness (QED) is 0.452. The first kappa shape index (κ1) is 19.8. The van der Waals surface area contributed by atoms with Gasteiger partial charge in [0.2, 0.25) is 11.9 Å². The van der Waals surface area contributed by atoms with E-state index in [1.165, 1.54) is 11.8 Å². The van der Waals surface area contributed by atoms with E-state index >= 15 is 0 Å². The van der Waals surface area contributed by atoms with Gasteiger partial charge in [-0.05, 0) is 17.7 Å². The maximum atomic E-state index is 5.84. The molecule has 0 aliphatic heterocycles. The average molecular weight is 420 g/mol. The Morgan fingerprint density at radius 3 is 2.57 bits per heavy atom. The Bertz CT molecular complexity index is 1110. The van der Waals surface area contributed by atoms with E-state index in [2.05, 4.69) is 46.8 Å². The minimum Gasteiger partial charge on any atom is -0.368 e. The molecule has 0 amide bonds. The number of hydrogen-bond donors (Lipinski definition) is 1. The fraction of sp³-hybridized carbons (Fsp3) is 0.200. The molecule has 0 fully saturated rings. The van der Waals surface area contributed by atoms with E-state index in [0.29, 0.717) is 24.1 Å². The zero-order valence-corrected chi connectivity index (χ0v) is 17.5. The molecule has 0 bridgehead atoms. The molecule has 9 nitrogen and oxygen atoms in total. The highest BCUT2D eigenvalue weighted by molar-refractivity contribution is 7.98. The highest BCUT2D eigenvalue weighted by atomic mass is 32.2. The molecular weight excluding hydrogens is 398 g/mol. The summed E-state index contributed by atoms with van der Waals surface area (Å²) in [6.07, 6.45) is 3.53. The predicted molar refractivity (Wildman–Crippen MR) is 117 cm³/mol. The molecule has 0 saturated heterocycles. The third-order valence-corrected chi connectivity index (χ3v) is 5.20. The van der Waals surface area contributed by atoms with Crippen LogP contribution in [-0.4, -0.2) is 48.8 Å². The van der Waals surface area contributed by atoms with Crippen molar-refractivity contribution in [2.45, 2.75) is 17.5 Å². The standard InChI is InChI=1S/C20H21N9S/c1-28(2)19-24-16(23-18(21)25-19)13-30-20-27-26-17(15-9-6-10-22-11-15)29(20)12-14-7-4-3-5-8-14/h3-11H,12-13H2,1-2H3,(H2,21,23,24,25). The van der Waals surface area contributed by atoms with Crippen molar-refractivity contribution >= 4 is 23.7 Å². The van der Waals surface area contributed by atoms with Crippen LogP contribution in [-0.2, 0) is 12.3 Å². The maximum absolute atomic E-state index is 5.84. The number of rotatable bonds is 7. The fourth-order valence-corrected chi connectivity index (χ4v) is 3.62. The molecule has 10 heteroatoms. The van der Waals surface area contributed by atoms with Crippen LogP contribution in [0.1, 0.15) is 11.4 Å². The largest absolute Gasteiger partial charge is 0.368 e. The first-order chi connectivity index (χ1) is 14.6. The number of anilines is 2. The third-order valence-electron chi connectivity index (χ3n) is 4.24. The molecule has 0 atom stereocenters. The molecule has 4 rings (SSSR count). The molecule has 30 heavy (non-hydrogen) atoms. The Balaban J connectivity index is 1.64. The number of hydrogen-bond acceptors (Lipinski definition) is 9. The first-order valence-electron chi connectivity index (χ1n) is 9.28. The molecule has 2 N–H and O–H groups in total. The molecule has 0 spiro atoms. The minimum absolute atomic E-state index is 0.200. The third kappa shape index (κ3) is 4.54. The van der Waals surface area contributed by atoms with Gasteiger partial charge in [0.1, 0.15) is 5.82 Å². The van der Waals surface area contributed by atoms with Crippen LogP contribution in [0.3, 0.4) is 0 Å². The van der Waals surface area contributed by atoms with Crippen molar-refractivity contribution in [1.29, 1.82) is 0 Å². The molecule has 3 heterocycles. The Hall–Kier alpha value is -3.53. The van der Waals surface area contributed by atoms with Crippen molar-refractivity contribution in [2.24, 2.45) is 0 Å². The van der Waals surface area contributed by atoms with Gasteiger partial charge in [-0.25, -0.2) is 0 Å². The van der Waals surface area contributed by atoms with Gasteiger partial charge in [-0.3, -0.25) is 9.55 Å². The van der Waals surface area contributed by atoms with Crippen LogP contribution in [0.5, 0.6) is 0 Å². The average Bonchev–Trinajstić information content (AvgIpc) is 3.15. The highest BCUT2D eigenvalue weighted by Crippen LogP contribution is 2.26. The molecule has 1 aromatic carbocycles. The number of pyridine rings is 1. The molecule has 0 unspecified atom stereocenters. The molecule has 3 aromatic heterocycles. The van der Waals surface area contributed by atoms with Gasteiger partial charge in [0.25, 0.3) is 0 Å². The lowest BCUT2D eigenvalue weighted by molar-refractivity contribution is 0.714. The van der Waals surface area contributed by atoms with E-state index in [1.807, 2.05) is 44.4 Å². The van der Waals surface area contributed by atoms with E-state index in [1.54, 1.807) is 17.3 Å². The van der Waals surface area contributed by atoms with Crippen molar-refractivity contribution in [3.8, 4) is 11.4 Å². The Morgan fingerprint density at radius 1 is 1.00 bits per heavy atom. The summed E-state index contributed by atoms with van der Waals surface area (Å²) in [5.41, 5.74) is 7.91. The van der Waals surface area contributed by atoms with Gasteiger partial charge < -0.3 is 10.6 Å². The molecule has 152 valence electrons. The lowest BCUT2D eigenvalue weighted by Crippen LogP contribution is -2.16. The van der Waals surface area contributed by atoms with Crippen LogP contribution >= 0.6 is 11.8 Å². The van der Waals surface area contributed by atoms with Crippen LogP contribution < -0.4 is 10.6 Å². The highest BCUT2D eigenvalue weighted by Gasteiger charge is 2.16. The number of thioether (sulfide) groups is 1.